The zero-order valence-electron chi connectivity index (χ0n) is 12.7. The van der Waals surface area contributed by atoms with Crippen LogP contribution >= 0.6 is 0 Å². The number of nitrogens with zero attached hydrogens (tertiary/aromatic N) is 1. The number of rotatable bonds is 4. The predicted molar refractivity (Wildman–Crippen MR) is 82.9 cm³/mol. The highest BCUT2D eigenvalue weighted by molar-refractivity contribution is 5.77. The first-order chi connectivity index (χ1) is 9.70. The highest BCUT2D eigenvalue weighted by Gasteiger charge is 2.18. The minimum atomic E-state index is 0.292. The molecule has 0 spiro atoms. The summed E-state index contributed by atoms with van der Waals surface area (Å²) in [5, 5.41) is 3.34. The largest absolute Gasteiger partial charge is 0.341 e. The first-order valence-corrected chi connectivity index (χ1v) is 7.78. The summed E-state index contributed by atoms with van der Waals surface area (Å²) in [7, 11) is 0. The van der Waals surface area contributed by atoms with Crippen molar-refractivity contribution in [3.8, 4) is 0 Å². The quantitative estimate of drug-likeness (QED) is 0.915. The van der Waals surface area contributed by atoms with Crippen LogP contribution in [0.1, 0.15) is 43.7 Å². The highest BCUT2D eigenvalue weighted by Crippen LogP contribution is 2.21. The fourth-order valence-corrected chi connectivity index (χ4v) is 2.69. The topological polar surface area (TPSA) is 32.3 Å². The minimum Gasteiger partial charge on any atom is -0.341 e. The Morgan fingerprint density at radius 2 is 2.00 bits per heavy atom. The summed E-state index contributed by atoms with van der Waals surface area (Å²) >= 11 is 0. The lowest BCUT2D eigenvalue weighted by molar-refractivity contribution is -0.131. The molecule has 1 saturated heterocycles. The SMILES string of the molecule is CCc1ccc(C(C)CC(=O)N2CCCNCC2)cc1. The van der Waals surface area contributed by atoms with E-state index in [2.05, 4.69) is 43.4 Å². The molecule has 1 aliphatic rings. The van der Waals surface area contributed by atoms with Gasteiger partial charge in [-0.3, -0.25) is 4.79 Å². The summed E-state index contributed by atoms with van der Waals surface area (Å²) in [6.45, 7) is 8.00. The Hall–Kier alpha value is -1.35. The van der Waals surface area contributed by atoms with Gasteiger partial charge in [0.1, 0.15) is 0 Å². The van der Waals surface area contributed by atoms with Crippen molar-refractivity contribution in [3.63, 3.8) is 0 Å². The number of hydrogen-bond donors (Lipinski definition) is 1. The molecule has 110 valence electrons. The molecular formula is C17H26N2O. The van der Waals surface area contributed by atoms with E-state index in [0.717, 1.165) is 39.0 Å². The molecule has 3 nitrogen and oxygen atoms in total. The fraction of sp³-hybridized carbons (Fsp3) is 0.588. The Morgan fingerprint density at radius 1 is 1.25 bits per heavy atom. The summed E-state index contributed by atoms with van der Waals surface area (Å²) < 4.78 is 0. The molecule has 1 N–H and O–H groups in total. The number of benzene rings is 1. The summed E-state index contributed by atoms with van der Waals surface area (Å²) in [6.07, 6.45) is 2.74. The van der Waals surface area contributed by atoms with Crippen molar-refractivity contribution in [3.05, 3.63) is 35.4 Å². The van der Waals surface area contributed by atoms with E-state index in [1.807, 2.05) is 4.90 Å². The van der Waals surface area contributed by atoms with Crippen LogP contribution in [0.2, 0.25) is 0 Å². The summed E-state index contributed by atoms with van der Waals surface area (Å²) in [6, 6.07) is 8.68. The zero-order valence-corrected chi connectivity index (χ0v) is 12.7. The van der Waals surface area contributed by atoms with E-state index in [1.54, 1.807) is 0 Å². The molecule has 1 amide bonds. The first-order valence-electron chi connectivity index (χ1n) is 7.78. The monoisotopic (exact) mass is 274 g/mol. The van der Waals surface area contributed by atoms with Crippen LogP contribution in [0.25, 0.3) is 0 Å². The number of amides is 1. The van der Waals surface area contributed by atoms with Crippen molar-refractivity contribution in [1.82, 2.24) is 10.2 Å². The third kappa shape index (κ3) is 4.07. The molecular weight excluding hydrogens is 248 g/mol. The van der Waals surface area contributed by atoms with Crippen LogP contribution in [-0.4, -0.2) is 37.0 Å². The summed E-state index contributed by atoms with van der Waals surface area (Å²) in [5.41, 5.74) is 2.62. The van der Waals surface area contributed by atoms with Crippen LogP contribution in [0.15, 0.2) is 24.3 Å². The van der Waals surface area contributed by atoms with Crippen LogP contribution < -0.4 is 5.32 Å². The second-order valence-electron chi connectivity index (χ2n) is 5.68. The van der Waals surface area contributed by atoms with Gasteiger partial charge >= 0.3 is 0 Å². The van der Waals surface area contributed by atoms with Crippen molar-refractivity contribution in [2.45, 2.75) is 39.0 Å². The molecule has 0 radical (unpaired) electrons. The molecule has 1 aromatic rings. The zero-order chi connectivity index (χ0) is 14.4. The molecule has 2 rings (SSSR count). The normalized spacial score (nSPS) is 17.6. The van der Waals surface area contributed by atoms with Crippen molar-refractivity contribution >= 4 is 5.91 Å². The van der Waals surface area contributed by atoms with E-state index in [1.165, 1.54) is 11.1 Å². The lowest BCUT2D eigenvalue weighted by atomic mass is 9.96. The molecule has 1 aliphatic heterocycles. The standard InChI is InChI=1S/C17H26N2O/c1-3-15-5-7-16(8-6-15)14(2)13-17(20)19-11-4-9-18-10-12-19/h5-8,14,18H,3-4,9-13H2,1-2H3. The molecule has 1 aromatic carbocycles. The molecule has 0 aliphatic carbocycles. The number of carbonyl (C=O) groups excluding carboxylic acids is 1. The Bertz CT molecular complexity index is 419. The minimum absolute atomic E-state index is 0.292. The number of carbonyl (C=O) groups is 1. The van der Waals surface area contributed by atoms with Gasteiger partial charge in [-0.1, -0.05) is 38.1 Å². The molecule has 1 fully saturated rings. The Kier molecular flexibility index (Phi) is 5.60. The predicted octanol–water partition coefficient (Wildman–Crippen LogP) is 2.56. The Labute approximate surface area is 122 Å². The second kappa shape index (κ2) is 7.44. The molecule has 20 heavy (non-hydrogen) atoms. The van der Waals surface area contributed by atoms with E-state index in [-0.39, 0.29) is 0 Å². The second-order valence-corrected chi connectivity index (χ2v) is 5.68. The van der Waals surface area contributed by atoms with E-state index in [4.69, 9.17) is 0 Å². The van der Waals surface area contributed by atoms with Crippen LogP contribution in [0.4, 0.5) is 0 Å². The van der Waals surface area contributed by atoms with Gasteiger partial charge in [0.25, 0.3) is 0 Å². The van der Waals surface area contributed by atoms with Crippen LogP contribution in [0.3, 0.4) is 0 Å². The van der Waals surface area contributed by atoms with Gasteiger partial charge in [0, 0.05) is 26.1 Å². The van der Waals surface area contributed by atoms with Crippen LogP contribution in [0.5, 0.6) is 0 Å². The van der Waals surface area contributed by atoms with E-state index in [9.17, 15) is 4.79 Å². The fourth-order valence-electron chi connectivity index (χ4n) is 2.69. The van der Waals surface area contributed by atoms with Gasteiger partial charge in [0.2, 0.25) is 5.91 Å². The maximum atomic E-state index is 12.4. The van der Waals surface area contributed by atoms with Crippen molar-refractivity contribution < 1.29 is 4.79 Å². The first kappa shape index (κ1) is 15.0. The third-order valence-corrected chi connectivity index (χ3v) is 4.13. The van der Waals surface area contributed by atoms with Gasteiger partial charge in [-0.15, -0.1) is 0 Å². The molecule has 3 heteroatoms. The summed E-state index contributed by atoms with van der Waals surface area (Å²) in [5.74, 6) is 0.588. The average molecular weight is 274 g/mol. The van der Waals surface area contributed by atoms with Crippen molar-refractivity contribution in [1.29, 1.82) is 0 Å². The highest BCUT2D eigenvalue weighted by atomic mass is 16.2. The molecule has 1 atom stereocenters. The lowest BCUT2D eigenvalue weighted by Gasteiger charge is -2.22. The maximum Gasteiger partial charge on any atom is 0.223 e. The van der Waals surface area contributed by atoms with E-state index >= 15 is 0 Å². The van der Waals surface area contributed by atoms with Gasteiger partial charge in [-0.25, -0.2) is 0 Å². The average Bonchev–Trinajstić information content (AvgIpc) is 2.76. The smallest absolute Gasteiger partial charge is 0.223 e. The molecule has 1 unspecified atom stereocenters. The van der Waals surface area contributed by atoms with Gasteiger partial charge in [0.05, 0.1) is 0 Å². The maximum absolute atomic E-state index is 12.4. The molecule has 0 saturated carbocycles. The van der Waals surface area contributed by atoms with Gasteiger partial charge in [-0.2, -0.15) is 0 Å². The van der Waals surface area contributed by atoms with E-state index < -0.39 is 0 Å². The summed E-state index contributed by atoms with van der Waals surface area (Å²) in [4.78, 5) is 14.4. The molecule has 1 heterocycles. The van der Waals surface area contributed by atoms with Crippen molar-refractivity contribution in [2.24, 2.45) is 0 Å². The van der Waals surface area contributed by atoms with Gasteiger partial charge < -0.3 is 10.2 Å². The van der Waals surface area contributed by atoms with Crippen LogP contribution in [-0.2, 0) is 11.2 Å². The molecule has 0 aromatic heterocycles. The van der Waals surface area contributed by atoms with Gasteiger partial charge in [0.15, 0.2) is 0 Å². The van der Waals surface area contributed by atoms with Crippen LogP contribution in [0, 0.1) is 0 Å². The Morgan fingerprint density at radius 3 is 2.70 bits per heavy atom. The van der Waals surface area contributed by atoms with Gasteiger partial charge in [-0.05, 0) is 36.4 Å². The number of nitrogens with one attached hydrogen (secondary N) is 1. The number of hydrogen-bond acceptors (Lipinski definition) is 2. The third-order valence-electron chi connectivity index (χ3n) is 4.13. The lowest BCUT2D eigenvalue weighted by Crippen LogP contribution is -2.34. The van der Waals surface area contributed by atoms with E-state index in [0.29, 0.717) is 18.2 Å². The van der Waals surface area contributed by atoms with Crippen molar-refractivity contribution in [2.75, 3.05) is 26.2 Å². The Balaban J connectivity index is 1.91. The molecule has 0 bridgehead atoms. The number of aryl methyl sites for hydroxylation is 1.